The van der Waals surface area contributed by atoms with Crippen molar-refractivity contribution in [2.24, 2.45) is 0 Å². The van der Waals surface area contributed by atoms with Gasteiger partial charge in [0.05, 0.1) is 19.4 Å². The fourth-order valence-corrected chi connectivity index (χ4v) is 2.95. The molecule has 6 nitrogen and oxygen atoms in total. The zero-order chi connectivity index (χ0) is 17.6. The number of benzene rings is 1. The molecule has 1 saturated heterocycles. The van der Waals surface area contributed by atoms with E-state index in [4.69, 9.17) is 4.42 Å². The number of nitrogens with one attached hydrogen (secondary N) is 1. The molecule has 1 N–H and O–H groups in total. The molecule has 1 aromatic heterocycles. The van der Waals surface area contributed by atoms with Crippen LogP contribution in [0.15, 0.2) is 47.1 Å². The van der Waals surface area contributed by atoms with E-state index >= 15 is 0 Å². The first-order chi connectivity index (χ1) is 12.1. The molecule has 0 unspecified atom stereocenters. The first kappa shape index (κ1) is 17.4. The van der Waals surface area contributed by atoms with Crippen LogP contribution in [0.3, 0.4) is 0 Å². The van der Waals surface area contributed by atoms with Gasteiger partial charge in [-0.15, -0.1) is 0 Å². The maximum Gasteiger partial charge on any atom is 0.238 e. The van der Waals surface area contributed by atoms with Gasteiger partial charge >= 0.3 is 0 Å². The lowest BCUT2D eigenvalue weighted by Gasteiger charge is -2.33. The quantitative estimate of drug-likeness (QED) is 0.815. The van der Waals surface area contributed by atoms with Crippen molar-refractivity contribution in [2.75, 3.05) is 44.6 Å². The summed E-state index contributed by atoms with van der Waals surface area (Å²) in [7, 11) is 0. The minimum atomic E-state index is -0.00860. The Labute approximate surface area is 147 Å². The number of hydrogen-bond donors (Lipinski definition) is 1. The van der Waals surface area contributed by atoms with E-state index in [2.05, 4.69) is 15.1 Å². The molecule has 0 atom stereocenters. The average molecular weight is 341 g/mol. The van der Waals surface area contributed by atoms with Crippen LogP contribution in [0.25, 0.3) is 0 Å². The summed E-state index contributed by atoms with van der Waals surface area (Å²) in [5.74, 6) is 0.390. The minimum absolute atomic E-state index is 0.00404. The van der Waals surface area contributed by atoms with Gasteiger partial charge in [0.2, 0.25) is 11.7 Å². The summed E-state index contributed by atoms with van der Waals surface area (Å²) in [4.78, 5) is 28.4. The third-order valence-electron chi connectivity index (χ3n) is 4.30. The van der Waals surface area contributed by atoms with Gasteiger partial charge in [-0.05, 0) is 36.8 Å². The summed E-state index contributed by atoms with van der Waals surface area (Å²) in [6.45, 7) is 5.80. The van der Waals surface area contributed by atoms with Crippen LogP contribution < -0.4 is 5.32 Å². The molecule has 1 aliphatic heterocycles. The van der Waals surface area contributed by atoms with Crippen LogP contribution in [0.1, 0.15) is 16.1 Å². The summed E-state index contributed by atoms with van der Waals surface area (Å²) in [6.07, 6.45) is 1.51. The van der Waals surface area contributed by atoms with Crippen molar-refractivity contribution in [1.82, 2.24) is 9.80 Å². The first-order valence-electron chi connectivity index (χ1n) is 8.48. The second-order valence-electron chi connectivity index (χ2n) is 6.37. The number of hydrogen-bond acceptors (Lipinski definition) is 5. The van der Waals surface area contributed by atoms with Gasteiger partial charge in [0.1, 0.15) is 0 Å². The van der Waals surface area contributed by atoms with E-state index in [1.165, 1.54) is 6.26 Å². The van der Waals surface area contributed by atoms with E-state index in [-0.39, 0.29) is 11.7 Å². The number of nitrogens with zero attached hydrogens (tertiary/aromatic N) is 2. The lowest BCUT2D eigenvalue weighted by atomic mass is 10.2. The predicted octanol–water partition coefficient (Wildman–Crippen LogP) is 2.03. The molecule has 1 amide bonds. The Hall–Kier alpha value is -2.44. The molecule has 0 bridgehead atoms. The van der Waals surface area contributed by atoms with Gasteiger partial charge < -0.3 is 9.73 Å². The molecule has 6 heteroatoms. The highest BCUT2D eigenvalue weighted by Gasteiger charge is 2.21. The molecule has 0 radical (unpaired) electrons. The van der Waals surface area contributed by atoms with Crippen molar-refractivity contribution in [2.45, 2.75) is 6.92 Å². The maximum absolute atomic E-state index is 12.2. The maximum atomic E-state index is 12.2. The predicted molar refractivity (Wildman–Crippen MR) is 95.7 cm³/mol. The number of furan rings is 1. The fraction of sp³-hybridized carbons (Fsp3) is 0.368. The molecule has 1 aliphatic rings. The van der Waals surface area contributed by atoms with Crippen LogP contribution in [0, 0.1) is 6.92 Å². The molecular weight excluding hydrogens is 318 g/mol. The third-order valence-corrected chi connectivity index (χ3v) is 4.30. The third kappa shape index (κ3) is 5.01. The zero-order valence-corrected chi connectivity index (χ0v) is 14.4. The molecule has 2 heterocycles. The number of amides is 1. The van der Waals surface area contributed by atoms with Gasteiger partial charge in [0.15, 0.2) is 5.76 Å². The lowest BCUT2D eigenvalue weighted by Crippen LogP contribution is -2.49. The minimum Gasteiger partial charge on any atom is -0.461 e. The highest BCUT2D eigenvalue weighted by molar-refractivity contribution is 5.95. The summed E-state index contributed by atoms with van der Waals surface area (Å²) in [5.41, 5.74) is 1.94. The Balaban J connectivity index is 1.41. The van der Waals surface area contributed by atoms with Crippen molar-refractivity contribution in [1.29, 1.82) is 0 Å². The summed E-state index contributed by atoms with van der Waals surface area (Å²) >= 11 is 0. The Kier molecular flexibility index (Phi) is 5.63. The second-order valence-corrected chi connectivity index (χ2v) is 6.37. The van der Waals surface area contributed by atoms with E-state index in [0.29, 0.717) is 18.8 Å². The molecule has 2 aromatic rings. The van der Waals surface area contributed by atoms with Crippen LogP contribution >= 0.6 is 0 Å². The number of Topliss-reactive ketones (excluding diaryl/α,β-unsaturated/α-hetero) is 1. The van der Waals surface area contributed by atoms with E-state index in [1.807, 2.05) is 31.2 Å². The highest BCUT2D eigenvalue weighted by atomic mass is 16.3. The topological polar surface area (TPSA) is 65.8 Å². The molecular formula is C19H23N3O3. The molecule has 0 saturated carbocycles. The van der Waals surface area contributed by atoms with Crippen molar-refractivity contribution >= 4 is 17.4 Å². The van der Waals surface area contributed by atoms with Gasteiger partial charge in [0, 0.05) is 31.9 Å². The number of carbonyl (C=O) groups is 2. The Morgan fingerprint density at radius 1 is 1.04 bits per heavy atom. The molecule has 1 fully saturated rings. The fourth-order valence-electron chi connectivity index (χ4n) is 2.95. The van der Waals surface area contributed by atoms with Gasteiger partial charge in [-0.2, -0.15) is 0 Å². The van der Waals surface area contributed by atoms with E-state index in [1.54, 1.807) is 12.1 Å². The Morgan fingerprint density at radius 2 is 1.76 bits per heavy atom. The van der Waals surface area contributed by atoms with Crippen LogP contribution in [-0.2, 0) is 4.79 Å². The molecule has 25 heavy (non-hydrogen) atoms. The van der Waals surface area contributed by atoms with Crippen LogP contribution in [0.5, 0.6) is 0 Å². The standard InChI is InChI=1S/C19H23N3O3/c1-15-4-2-5-16(12-15)20-19(24)14-22-9-7-21(8-10-22)13-17(23)18-6-3-11-25-18/h2-6,11-12H,7-10,13-14H2,1H3,(H,20,24). The summed E-state index contributed by atoms with van der Waals surface area (Å²) < 4.78 is 5.14. The van der Waals surface area contributed by atoms with Crippen LogP contribution in [0.2, 0.25) is 0 Å². The van der Waals surface area contributed by atoms with Gasteiger partial charge in [-0.3, -0.25) is 19.4 Å². The molecule has 3 rings (SSSR count). The summed E-state index contributed by atoms with van der Waals surface area (Å²) in [5, 5.41) is 2.93. The lowest BCUT2D eigenvalue weighted by molar-refractivity contribution is -0.117. The number of rotatable bonds is 6. The van der Waals surface area contributed by atoms with Crippen molar-refractivity contribution in [3.8, 4) is 0 Å². The molecule has 1 aromatic carbocycles. The van der Waals surface area contributed by atoms with E-state index in [9.17, 15) is 9.59 Å². The number of aryl methyl sites for hydroxylation is 1. The second kappa shape index (κ2) is 8.09. The first-order valence-corrected chi connectivity index (χ1v) is 8.48. The van der Waals surface area contributed by atoms with Gasteiger partial charge in [0.25, 0.3) is 0 Å². The zero-order valence-electron chi connectivity index (χ0n) is 14.4. The molecule has 0 aliphatic carbocycles. The monoisotopic (exact) mass is 341 g/mol. The van der Waals surface area contributed by atoms with Crippen LogP contribution in [-0.4, -0.2) is 60.8 Å². The van der Waals surface area contributed by atoms with Crippen molar-refractivity contribution in [3.05, 3.63) is 54.0 Å². The molecule has 132 valence electrons. The molecule has 0 spiro atoms. The van der Waals surface area contributed by atoms with E-state index in [0.717, 1.165) is 37.4 Å². The largest absolute Gasteiger partial charge is 0.461 e. The van der Waals surface area contributed by atoms with E-state index < -0.39 is 0 Å². The van der Waals surface area contributed by atoms with Gasteiger partial charge in [-0.25, -0.2) is 0 Å². The SMILES string of the molecule is Cc1cccc(NC(=O)CN2CCN(CC(=O)c3ccco3)CC2)c1. The smallest absolute Gasteiger partial charge is 0.238 e. The number of carbonyl (C=O) groups excluding carboxylic acids is 2. The highest BCUT2D eigenvalue weighted by Crippen LogP contribution is 2.10. The number of anilines is 1. The van der Waals surface area contributed by atoms with Crippen molar-refractivity contribution < 1.29 is 14.0 Å². The van der Waals surface area contributed by atoms with Crippen molar-refractivity contribution in [3.63, 3.8) is 0 Å². The number of ketones is 1. The normalized spacial score (nSPS) is 15.9. The summed E-state index contributed by atoms with van der Waals surface area (Å²) in [6, 6.07) is 11.2. The average Bonchev–Trinajstić information content (AvgIpc) is 3.11. The van der Waals surface area contributed by atoms with Gasteiger partial charge in [-0.1, -0.05) is 12.1 Å². The van der Waals surface area contributed by atoms with Crippen LogP contribution in [0.4, 0.5) is 5.69 Å². The Morgan fingerprint density at radius 3 is 2.40 bits per heavy atom. The number of piperazine rings is 1. The Bertz CT molecular complexity index is 719.